The van der Waals surface area contributed by atoms with Crippen LogP contribution in [0.5, 0.6) is 11.5 Å². The van der Waals surface area contributed by atoms with Crippen molar-refractivity contribution in [3.63, 3.8) is 0 Å². The maximum Gasteiger partial charge on any atom is 0.162 e. The second kappa shape index (κ2) is 5.27. The molecule has 0 bridgehead atoms. The Balaban J connectivity index is 1.26. The molecule has 0 aromatic heterocycles. The van der Waals surface area contributed by atoms with E-state index in [1.54, 1.807) is 0 Å². The summed E-state index contributed by atoms with van der Waals surface area (Å²) >= 11 is 0. The molecule has 1 aliphatic carbocycles. The first-order valence-corrected chi connectivity index (χ1v) is 8.55. The van der Waals surface area contributed by atoms with E-state index in [2.05, 4.69) is 29.2 Å². The van der Waals surface area contributed by atoms with Crippen molar-refractivity contribution < 1.29 is 9.47 Å². The molecule has 118 valence electrons. The first-order valence-electron chi connectivity index (χ1n) is 8.55. The van der Waals surface area contributed by atoms with Crippen LogP contribution in [0, 0.1) is 11.8 Å². The minimum atomic E-state index is -0.0154. The van der Waals surface area contributed by atoms with Crippen LogP contribution in [-0.4, -0.2) is 24.6 Å². The lowest BCUT2D eigenvalue weighted by molar-refractivity contribution is 0.0913. The molecular formula is C20H21NO2. The van der Waals surface area contributed by atoms with Crippen LogP contribution in [-0.2, 0) is 6.54 Å². The summed E-state index contributed by atoms with van der Waals surface area (Å²) in [4.78, 5) is 2.59. The Kier molecular flexibility index (Phi) is 3.08. The number of nitrogens with zero attached hydrogens (tertiary/aromatic N) is 1. The normalized spacial score (nSPS) is 28.4. The van der Waals surface area contributed by atoms with Gasteiger partial charge in [-0.3, -0.25) is 4.90 Å². The summed E-state index contributed by atoms with van der Waals surface area (Å²) in [5.74, 6) is 3.68. The van der Waals surface area contributed by atoms with Gasteiger partial charge in [-0.2, -0.15) is 0 Å². The van der Waals surface area contributed by atoms with Gasteiger partial charge in [0.25, 0.3) is 0 Å². The first-order chi connectivity index (χ1) is 11.3. The van der Waals surface area contributed by atoms with Crippen molar-refractivity contribution in [3.05, 3.63) is 59.7 Å². The third-order valence-electron chi connectivity index (χ3n) is 5.32. The number of fused-ring (bicyclic) bond motifs is 2. The van der Waals surface area contributed by atoms with Crippen molar-refractivity contribution in [3.8, 4) is 11.5 Å². The maximum absolute atomic E-state index is 6.08. The fourth-order valence-corrected chi connectivity index (χ4v) is 3.90. The van der Waals surface area contributed by atoms with Crippen LogP contribution in [0.25, 0.3) is 0 Å². The van der Waals surface area contributed by atoms with Crippen molar-refractivity contribution in [2.75, 3.05) is 19.7 Å². The fourth-order valence-electron chi connectivity index (χ4n) is 3.90. The number of likely N-dealkylation sites (tertiary alicyclic amines) is 1. The molecule has 3 atom stereocenters. The Morgan fingerprint density at radius 3 is 2.43 bits per heavy atom. The number of piperidine rings is 1. The zero-order chi connectivity index (χ0) is 15.2. The van der Waals surface area contributed by atoms with Crippen molar-refractivity contribution in [2.24, 2.45) is 11.8 Å². The highest BCUT2D eigenvalue weighted by Gasteiger charge is 2.44. The first kappa shape index (κ1) is 13.4. The topological polar surface area (TPSA) is 21.7 Å². The van der Waals surface area contributed by atoms with Gasteiger partial charge in [-0.1, -0.05) is 36.4 Å². The lowest BCUT2D eigenvalue weighted by Crippen LogP contribution is -2.23. The van der Waals surface area contributed by atoms with E-state index >= 15 is 0 Å². The molecule has 5 rings (SSSR count). The Bertz CT molecular complexity index is 702. The zero-order valence-electron chi connectivity index (χ0n) is 13.2. The van der Waals surface area contributed by atoms with Crippen molar-refractivity contribution in [1.82, 2.24) is 4.90 Å². The van der Waals surface area contributed by atoms with Crippen molar-refractivity contribution >= 4 is 0 Å². The third kappa shape index (κ3) is 2.59. The van der Waals surface area contributed by atoms with Gasteiger partial charge in [0.2, 0.25) is 0 Å². The van der Waals surface area contributed by atoms with E-state index in [1.807, 2.05) is 24.3 Å². The van der Waals surface area contributed by atoms with Gasteiger partial charge >= 0.3 is 0 Å². The van der Waals surface area contributed by atoms with Gasteiger partial charge in [-0.15, -0.1) is 0 Å². The number of rotatable bonds is 3. The van der Waals surface area contributed by atoms with Gasteiger partial charge in [-0.25, -0.2) is 0 Å². The predicted molar refractivity (Wildman–Crippen MR) is 88.6 cm³/mol. The number of hydrogen-bond donors (Lipinski definition) is 0. The Hall–Kier alpha value is -2.00. The van der Waals surface area contributed by atoms with Crippen LogP contribution in [0.4, 0.5) is 0 Å². The molecule has 2 heterocycles. The molecule has 2 unspecified atom stereocenters. The molecule has 23 heavy (non-hydrogen) atoms. The number of benzene rings is 2. The fraction of sp³-hybridized carbons (Fsp3) is 0.400. The van der Waals surface area contributed by atoms with Gasteiger partial charge in [0.1, 0.15) is 6.61 Å². The number of hydrogen-bond acceptors (Lipinski definition) is 3. The molecular weight excluding hydrogens is 286 g/mol. The molecule has 3 aliphatic rings. The van der Waals surface area contributed by atoms with E-state index in [1.165, 1.54) is 30.6 Å². The summed E-state index contributed by atoms with van der Waals surface area (Å²) in [5, 5.41) is 0. The molecule has 3 heteroatoms. The maximum atomic E-state index is 6.08. The largest absolute Gasteiger partial charge is 0.485 e. The van der Waals surface area contributed by atoms with Crippen molar-refractivity contribution in [1.29, 1.82) is 0 Å². The van der Waals surface area contributed by atoms with E-state index < -0.39 is 0 Å². The average molecular weight is 307 g/mol. The Morgan fingerprint density at radius 1 is 0.913 bits per heavy atom. The molecule has 0 amide bonds. The lowest BCUT2D eigenvalue weighted by Gasteiger charge is -2.27. The summed E-state index contributed by atoms with van der Waals surface area (Å²) in [5.41, 5.74) is 2.58. The summed E-state index contributed by atoms with van der Waals surface area (Å²) in [6.07, 6.45) is 1.45. The third-order valence-corrected chi connectivity index (χ3v) is 5.32. The van der Waals surface area contributed by atoms with Crippen LogP contribution in [0.3, 0.4) is 0 Å². The quantitative estimate of drug-likeness (QED) is 0.864. The molecule has 0 radical (unpaired) electrons. The van der Waals surface area contributed by atoms with E-state index in [9.17, 15) is 0 Å². The zero-order valence-corrected chi connectivity index (χ0v) is 13.2. The standard InChI is InChI=1S/C20H21NO2/c1-2-4-19-18(3-1)22-13-20(23-19)15-7-5-14(6-8-15)10-21-11-16-9-17(16)12-21/h1-8,16-17,20H,9-13H2/t16?,17?,20-/m1/s1. The monoisotopic (exact) mass is 307 g/mol. The van der Waals surface area contributed by atoms with Crippen LogP contribution in [0.1, 0.15) is 23.7 Å². The minimum absolute atomic E-state index is 0.0154. The molecule has 2 aromatic rings. The molecule has 2 aromatic carbocycles. The molecule has 1 saturated heterocycles. The average Bonchev–Trinajstić information content (AvgIpc) is 3.21. The summed E-state index contributed by atoms with van der Waals surface area (Å²) in [6, 6.07) is 16.7. The van der Waals surface area contributed by atoms with Gasteiger partial charge in [0.15, 0.2) is 17.6 Å². The highest BCUT2D eigenvalue weighted by atomic mass is 16.6. The molecule has 2 fully saturated rings. The van der Waals surface area contributed by atoms with E-state index in [0.717, 1.165) is 29.9 Å². The Labute approximate surface area is 136 Å². The predicted octanol–water partition coefficient (Wildman–Crippen LogP) is 3.65. The van der Waals surface area contributed by atoms with Crippen LogP contribution < -0.4 is 9.47 Å². The van der Waals surface area contributed by atoms with Crippen LogP contribution in [0.2, 0.25) is 0 Å². The van der Waals surface area contributed by atoms with Crippen LogP contribution in [0.15, 0.2) is 48.5 Å². The highest BCUT2D eigenvalue weighted by molar-refractivity contribution is 5.41. The molecule has 3 nitrogen and oxygen atoms in total. The SMILES string of the molecule is c1ccc2c(c1)OC[C@H](c1ccc(CN3CC4CC4C3)cc1)O2. The van der Waals surface area contributed by atoms with Crippen molar-refractivity contribution in [2.45, 2.75) is 19.1 Å². The highest BCUT2D eigenvalue weighted by Crippen LogP contribution is 2.45. The van der Waals surface area contributed by atoms with Gasteiger partial charge < -0.3 is 9.47 Å². The second-order valence-corrected chi connectivity index (χ2v) is 7.06. The molecule has 0 spiro atoms. The second-order valence-electron chi connectivity index (χ2n) is 7.06. The van der Waals surface area contributed by atoms with E-state index in [4.69, 9.17) is 9.47 Å². The summed E-state index contributed by atoms with van der Waals surface area (Å²) < 4.78 is 11.9. The lowest BCUT2D eigenvalue weighted by atomic mass is 10.1. The van der Waals surface area contributed by atoms with Gasteiger partial charge in [-0.05, 0) is 41.5 Å². The van der Waals surface area contributed by atoms with Gasteiger partial charge in [0, 0.05) is 19.6 Å². The molecule has 1 saturated carbocycles. The number of ether oxygens (including phenoxy) is 2. The Morgan fingerprint density at radius 2 is 1.65 bits per heavy atom. The summed E-state index contributed by atoms with van der Waals surface area (Å²) in [6.45, 7) is 4.25. The summed E-state index contributed by atoms with van der Waals surface area (Å²) in [7, 11) is 0. The van der Waals surface area contributed by atoms with E-state index in [0.29, 0.717) is 6.61 Å². The van der Waals surface area contributed by atoms with Crippen LogP contribution >= 0.6 is 0 Å². The van der Waals surface area contributed by atoms with Gasteiger partial charge in [0.05, 0.1) is 0 Å². The minimum Gasteiger partial charge on any atom is -0.485 e. The van der Waals surface area contributed by atoms with E-state index in [-0.39, 0.29) is 6.10 Å². The number of para-hydroxylation sites is 2. The smallest absolute Gasteiger partial charge is 0.162 e. The molecule has 2 aliphatic heterocycles. The molecule has 0 N–H and O–H groups in total.